The molecular weight excluding hydrogens is 450 g/mol. The average Bonchev–Trinajstić information content (AvgIpc) is 3.05. The maximum Gasteiger partial charge on any atom is 0.247 e. The predicted octanol–water partition coefficient (Wildman–Crippen LogP) is 2.31. The van der Waals surface area contributed by atoms with Crippen LogP contribution in [0.3, 0.4) is 0 Å². The molecule has 0 bridgehead atoms. The van der Waals surface area contributed by atoms with E-state index in [4.69, 9.17) is 0 Å². The standard InChI is InChI=1S/C26H39N3O4S/c1-16(14-30)29-20-23(33)28(25(5,6)15-24(2,3)4)13-9-11-26(20)19(22(29)32)18-17(34-26)10-8-12-27(7)21(18)31/h8-11,16-20,30H,12-15H2,1-7H3/t16-,17+,18-,19+,20?,26+/m1/s1. The molecule has 7 nitrogen and oxygen atoms in total. The molecule has 0 aromatic rings. The first kappa shape index (κ1) is 25.3. The molecule has 8 heteroatoms. The quantitative estimate of drug-likeness (QED) is 0.613. The third-order valence-corrected chi connectivity index (χ3v) is 9.47. The van der Waals surface area contributed by atoms with Crippen LogP contribution in [0.4, 0.5) is 0 Å². The summed E-state index contributed by atoms with van der Waals surface area (Å²) in [5.74, 6) is -1.50. The van der Waals surface area contributed by atoms with E-state index in [0.717, 1.165) is 6.42 Å². The molecule has 1 spiro atoms. The van der Waals surface area contributed by atoms with Gasteiger partial charge in [0, 0.05) is 30.9 Å². The number of aliphatic hydroxyl groups is 1. The van der Waals surface area contributed by atoms with Gasteiger partial charge in [0.1, 0.15) is 6.04 Å². The lowest BCUT2D eigenvalue weighted by Crippen LogP contribution is -2.60. The van der Waals surface area contributed by atoms with Crippen LogP contribution < -0.4 is 0 Å². The molecule has 3 amide bonds. The van der Waals surface area contributed by atoms with E-state index in [-0.39, 0.29) is 35.0 Å². The Kier molecular flexibility index (Phi) is 6.25. The van der Waals surface area contributed by atoms with E-state index in [1.54, 1.807) is 35.5 Å². The summed E-state index contributed by atoms with van der Waals surface area (Å²) in [4.78, 5) is 47.0. The number of fused-ring (bicyclic) bond motifs is 2. The number of aliphatic hydroxyl groups excluding tert-OH is 1. The van der Waals surface area contributed by atoms with Crippen LogP contribution in [0.1, 0.15) is 48.0 Å². The van der Waals surface area contributed by atoms with Gasteiger partial charge in [-0.05, 0) is 32.6 Å². The molecular formula is C26H39N3O4S. The fourth-order valence-electron chi connectivity index (χ4n) is 6.70. The van der Waals surface area contributed by atoms with Crippen molar-refractivity contribution in [2.45, 2.75) is 75.6 Å². The molecule has 4 aliphatic heterocycles. The number of hydrogen-bond donors (Lipinski definition) is 1. The van der Waals surface area contributed by atoms with Crippen molar-refractivity contribution < 1.29 is 19.5 Å². The van der Waals surface area contributed by atoms with E-state index in [2.05, 4.69) is 34.6 Å². The lowest BCUT2D eigenvalue weighted by Gasteiger charge is -2.45. The van der Waals surface area contributed by atoms with Crippen molar-refractivity contribution in [1.82, 2.24) is 14.7 Å². The van der Waals surface area contributed by atoms with Gasteiger partial charge in [-0.2, -0.15) is 0 Å². The molecule has 0 saturated carbocycles. The largest absolute Gasteiger partial charge is 0.394 e. The third kappa shape index (κ3) is 3.81. The molecule has 4 aliphatic rings. The topological polar surface area (TPSA) is 81.2 Å². The van der Waals surface area contributed by atoms with E-state index in [1.165, 1.54) is 0 Å². The first-order valence-corrected chi connectivity index (χ1v) is 13.1. The molecule has 1 N–H and O–H groups in total. The predicted molar refractivity (Wildman–Crippen MR) is 134 cm³/mol. The van der Waals surface area contributed by atoms with Crippen LogP contribution in [0.25, 0.3) is 0 Å². The zero-order chi connectivity index (χ0) is 25.2. The molecule has 34 heavy (non-hydrogen) atoms. The Balaban J connectivity index is 1.83. The molecule has 1 unspecified atom stereocenters. The van der Waals surface area contributed by atoms with E-state index < -0.39 is 34.2 Å². The van der Waals surface area contributed by atoms with Crippen molar-refractivity contribution in [2.75, 3.05) is 26.7 Å². The Bertz CT molecular complexity index is 939. The maximum absolute atomic E-state index is 14.4. The number of carbonyl (C=O) groups is 3. The summed E-state index contributed by atoms with van der Waals surface area (Å²) in [6.07, 6.45) is 8.89. The lowest BCUT2D eigenvalue weighted by molar-refractivity contribution is -0.149. The molecule has 0 aromatic heterocycles. The number of nitrogens with zero attached hydrogens (tertiary/aromatic N) is 3. The summed E-state index contributed by atoms with van der Waals surface area (Å²) in [5, 5.41) is 9.88. The highest BCUT2D eigenvalue weighted by atomic mass is 32.2. The minimum atomic E-state index is -0.836. The fourth-order valence-corrected chi connectivity index (χ4v) is 8.70. The van der Waals surface area contributed by atoms with Gasteiger partial charge in [0.15, 0.2) is 0 Å². The highest BCUT2D eigenvalue weighted by Crippen LogP contribution is 2.61. The first-order chi connectivity index (χ1) is 15.7. The average molecular weight is 490 g/mol. The Labute approximate surface area is 207 Å². The summed E-state index contributed by atoms with van der Waals surface area (Å²) in [6, 6.07) is -1.27. The minimum absolute atomic E-state index is 0.0146. The maximum atomic E-state index is 14.4. The Hall–Kier alpha value is -1.80. The van der Waals surface area contributed by atoms with E-state index in [0.29, 0.717) is 13.1 Å². The zero-order valence-electron chi connectivity index (χ0n) is 21.4. The van der Waals surface area contributed by atoms with Crippen molar-refractivity contribution in [1.29, 1.82) is 0 Å². The summed E-state index contributed by atoms with van der Waals surface area (Å²) in [6.45, 7) is 13.2. The molecule has 4 rings (SSSR count). The SMILES string of the molecule is C[C@H](CO)N1C(=O)[C@@H]2[C@@H]3C(=O)N(C)CC=C[C@@H]3S[C@@]23C=CCN(C(C)(C)CC(C)(C)C)C(=O)C13. The summed E-state index contributed by atoms with van der Waals surface area (Å²) < 4.78 is -0.836. The van der Waals surface area contributed by atoms with Gasteiger partial charge >= 0.3 is 0 Å². The second-order valence-electron chi connectivity index (χ2n) is 12.2. The molecule has 2 fully saturated rings. The minimum Gasteiger partial charge on any atom is -0.394 e. The molecule has 2 saturated heterocycles. The molecule has 4 heterocycles. The van der Waals surface area contributed by atoms with Crippen LogP contribution in [0.5, 0.6) is 0 Å². The monoisotopic (exact) mass is 489 g/mol. The van der Waals surface area contributed by atoms with Gasteiger partial charge in [-0.1, -0.05) is 45.1 Å². The number of carbonyl (C=O) groups excluding carboxylic acids is 3. The van der Waals surface area contributed by atoms with Gasteiger partial charge in [-0.15, -0.1) is 11.8 Å². The Morgan fingerprint density at radius 2 is 1.76 bits per heavy atom. The number of likely N-dealkylation sites (N-methyl/N-ethyl adjacent to an activating group) is 1. The smallest absolute Gasteiger partial charge is 0.247 e. The highest BCUT2D eigenvalue weighted by Gasteiger charge is 2.71. The van der Waals surface area contributed by atoms with Crippen molar-refractivity contribution in [3.05, 3.63) is 24.3 Å². The van der Waals surface area contributed by atoms with Gasteiger partial charge in [0.2, 0.25) is 17.7 Å². The number of likely N-dealkylation sites (tertiary alicyclic amines) is 1. The van der Waals surface area contributed by atoms with Crippen LogP contribution in [0.15, 0.2) is 24.3 Å². The van der Waals surface area contributed by atoms with Gasteiger partial charge in [0.25, 0.3) is 0 Å². The molecule has 0 radical (unpaired) electrons. The van der Waals surface area contributed by atoms with Crippen molar-refractivity contribution in [2.24, 2.45) is 17.3 Å². The zero-order valence-corrected chi connectivity index (χ0v) is 22.3. The van der Waals surface area contributed by atoms with Crippen LogP contribution in [-0.2, 0) is 14.4 Å². The van der Waals surface area contributed by atoms with Crippen LogP contribution in [0.2, 0.25) is 0 Å². The van der Waals surface area contributed by atoms with Gasteiger partial charge in [-0.25, -0.2) is 0 Å². The second kappa shape index (κ2) is 8.40. The van der Waals surface area contributed by atoms with Gasteiger partial charge < -0.3 is 19.8 Å². The van der Waals surface area contributed by atoms with Crippen LogP contribution in [0, 0.1) is 17.3 Å². The first-order valence-electron chi connectivity index (χ1n) is 12.3. The summed E-state index contributed by atoms with van der Waals surface area (Å²) in [7, 11) is 1.76. The van der Waals surface area contributed by atoms with Gasteiger partial charge in [-0.3, -0.25) is 14.4 Å². The molecule has 0 aliphatic carbocycles. The Morgan fingerprint density at radius 1 is 1.09 bits per heavy atom. The number of amides is 3. The van der Waals surface area contributed by atoms with E-state index >= 15 is 0 Å². The number of rotatable bonds is 4. The number of thioether (sulfide) groups is 1. The van der Waals surface area contributed by atoms with Crippen molar-refractivity contribution >= 4 is 29.5 Å². The van der Waals surface area contributed by atoms with E-state index in [9.17, 15) is 19.5 Å². The van der Waals surface area contributed by atoms with Gasteiger partial charge in [0.05, 0.1) is 29.2 Å². The number of hydrogen-bond acceptors (Lipinski definition) is 5. The Morgan fingerprint density at radius 3 is 2.38 bits per heavy atom. The van der Waals surface area contributed by atoms with E-state index in [1.807, 2.05) is 29.2 Å². The van der Waals surface area contributed by atoms with Crippen LogP contribution >= 0.6 is 11.8 Å². The molecule has 188 valence electrons. The fraction of sp³-hybridized carbons (Fsp3) is 0.731. The highest BCUT2D eigenvalue weighted by molar-refractivity contribution is 8.02. The normalized spacial score (nSPS) is 34.7. The molecule has 6 atom stereocenters. The van der Waals surface area contributed by atoms with Crippen LogP contribution in [-0.4, -0.2) is 91.9 Å². The van der Waals surface area contributed by atoms with Crippen molar-refractivity contribution in [3.63, 3.8) is 0 Å². The lowest BCUT2D eigenvalue weighted by atomic mass is 9.77. The second-order valence-corrected chi connectivity index (χ2v) is 13.7. The summed E-state index contributed by atoms with van der Waals surface area (Å²) in [5.41, 5.74) is -0.412. The third-order valence-electron chi connectivity index (χ3n) is 7.73. The summed E-state index contributed by atoms with van der Waals surface area (Å²) >= 11 is 1.58. The van der Waals surface area contributed by atoms with Crippen molar-refractivity contribution in [3.8, 4) is 0 Å². The molecule has 0 aromatic carbocycles.